The molecule has 0 aliphatic rings. The van der Waals surface area contributed by atoms with E-state index in [-0.39, 0.29) is 0 Å². The summed E-state index contributed by atoms with van der Waals surface area (Å²) in [5.74, 6) is 0.0224. The van der Waals surface area contributed by atoms with Crippen LogP contribution >= 0.6 is 50.7 Å². The van der Waals surface area contributed by atoms with Crippen LogP contribution in [0.4, 0.5) is 0 Å². The van der Waals surface area contributed by atoms with Crippen molar-refractivity contribution in [2.45, 2.75) is 10.0 Å². The van der Waals surface area contributed by atoms with E-state index in [0.717, 1.165) is 10.0 Å². The standard InChI is InChI=1S/C17H13BrCl3NO2/c18-13-7-9-14(10-8-13)24-16(17(19,20)21)22-15(23)11-6-12-4-2-1-3-5-12/h1-11,16H,(H,22,23)/b11-6+. The summed E-state index contributed by atoms with van der Waals surface area (Å²) < 4.78 is 4.63. The van der Waals surface area contributed by atoms with E-state index in [0.29, 0.717) is 5.75 Å². The summed E-state index contributed by atoms with van der Waals surface area (Å²) in [7, 11) is 0. The van der Waals surface area contributed by atoms with E-state index >= 15 is 0 Å². The molecule has 0 saturated carbocycles. The Morgan fingerprint density at radius 3 is 2.29 bits per heavy atom. The number of rotatable bonds is 5. The van der Waals surface area contributed by atoms with Crippen molar-refractivity contribution in [3.8, 4) is 5.75 Å². The first kappa shape index (κ1) is 19.1. The van der Waals surface area contributed by atoms with Crippen LogP contribution in [0.2, 0.25) is 0 Å². The molecule has 2 rings (SSSR count). The van der Waals surface area contributed by atoms with Crippen LogP contribution < -0.4 is 10.1 Å². The summed E-state index contributed by atoms with van der Waals surface area (Å²) in [6.45, 7) is 0. The minimum absolute atomic E-state index is 0.438. The number of amides is 1. The van der Waals surface area contributed by atoms with Gasteiger partial charge < -0.3 is 10.1 Å². The molecular formula is C17H13BrCl3NO2. The van der Waals surface area contributed by atoms with Crippen LogP contribution in [0.15, 0.2) is 65.1 Å². The maximum absolute atomic E-state index is 12.1. The van der Waals surface area contributed by atoms with Crippen molar-refractivity contribution in [3.63, 3.8) is 0 Å². The lowest BCUT2D eigenvalue weighted by Gasteiger charge is -2.25. The third-order valence-corrected chi connectivity index (χ3v) is 3.99. The maximum atomic E-state index is 12.1. The molecule has 1 amide bonds. The fourth-order valence-electron chi connectivity index (χ4n) is 1.74. The first-order valence-corrected chi connectivity index (χ1v) is 8.80. The minimum atomic E-state index is -1.83. The molecule has 0 spiro atoms. The van der Waals surface area contributed by atoms with Crippen molar-refractivity contribution >= 4 is 62.7 Å². The average Bonchev–Trinajstić information content (AvgIpc) is 2.54. The lowest BCUT2D eigenvalue weighted by molar-refractivity contribution is -0.118. The predicted octanol–water partition coefficient (Wildman–Crippen LogP) is 5.35. The number of benzene rings is 2. The van der Waals surface area contributed by atoms with E-state index in [1.165, 1.54) is 6.08 Å². The van der Waals surface area contributed by atoms with Gasteiger partial charge in [-0.1, -0.05) is 81.1 Å². The van der Waals surface area contributed by atoms with Gasteiger partial charge in [0.05, 0.1) is 0 Å². The van der Waals surface area contributed by atoms with Gasteiger partial charge in [0.2, 0.25) is 15.9 Å². The average molecular weight is 450 g/mol. The molecule has 24 heavy (non-hydrogen) atoms. The second-order valence-corrected chi connectivity index (χ2v) is 8.03. The van der Waals surface area contributed by atoms with Crippen LogP contribution in [0.25, 0.3) is 6.08 Å². The molecule has 3 nitrogen and oxygen atoms in total. The highest BCUT2D eigenvalue weighted by Crippen LogP contribution is 2.32. The Bertz CT molecular complexity index is 700. The molecule has 0 heterocycles. The Hall–Kier alpha value is -1.20. The third-order valence-electron chi connectivity index (χ3n) is 2.86. The zero-order chi connectivity index (χ0) is 17.6. The third kappa shape index (κ3) is 6.36. The fraction of sp³-hybridized carbons (Fsp3) is 0.118. The number of nitrogens with one attached hydrogen (secondary N) is 1. The molecule has 0 aromatic heterocycles. The molecule has 0 fully saturated rings. The van der Waals surface area contributed by atoms with E-state index in [2.05, 4.69) is 21.2 Å². The van der Waals surface area contributed by atoms with E-state index in [1.54, 1.807) is 30.3 Å². The summed E-state index contributed by atoms with van der Waals surface area (Å²) in [6.07, 6.45) is 1.87. The molecule has 1 atom stereocenters. The summed E-state index contributed by atoms with van der Waals surface area (Å²) in [5.41, 5.74) is 0.881. The molecule has 1 unspecified atom stereocenters. The van der Waals surface area contributed by atoms with Crippen LogP contribution in [0.5, 0.6) is 5.75 Å². The van der Waals surface area contributed by atoms with Gasteiger partial charge in [0.1, 0.15) is 5.75 Å². The lowest BCUT2D eigenvalue weighted by atomic mass is 10.2. The van der Waals surface area contributed by atoms with Gasteiger partial charge in [0, 0.05) is 10.5 Å². The summed E-state index contributed by atoms with van der Waals surface area (Å²) in [5, 5.41) is 2.53. The molecule has 7 heteroatoms. The number of hydrogen-bond acceptors (Lipinski definition) is 2. The van der Waals surface area contributed by atoms with Crippen molar-refractivity contribution in [2.75, 3.05) is 0 Å². The van der Waals surface area contributed by atoms with Gasteiger partial charge in [-0.15, -0.1) is 0 Å². The summed E-state index contributed by atoms with van der Waals surface area (Å²) in [4.78, 5) is 12.1. The van der Waals surface area contributed by atoms with Gasteiger partial charge in [-0.3, -0.25) is 4.79 Å². The second-order valence-electron chi connectivity index (χ2n) is 4.75. The predicted molar refractivity (Wildman–Crippen MR) is 102 cm³/mol. The molecular weight excluding hydrogens is 436 g/mol. The van der Waals surface area contributed by atoms with Crippen molar-refractivity contribution in [1.82, 2.24) is 5.32 Å². The smallest absolute Gasteiger partial charge is 0.246 e. The monoisotopic (exact) mass is 447 g/mol. The van der Waals surface area contributed by atoms with Crippen molar-refractivity contribution in [3.05, 3.63) is 70.7 Å². The largest absolute Gasteiger partial charge is 0.466 e. The molecule has 2 aromatic carbocycles. The quantitative estimate of drug-likeness (QED) is 0.379. The Kier molecular flexibility index (Phi) is 6.99. The fourth-order valence-corrected chi connectivity index (χ4v) is 2.30. The SMILES string of the molecule is O=C(/C=C/c1ccccc1)NC(Oc1ccc(Br)cc1)C(Cl)(Cl)Cl. The molecule has 0 aliphatic heterocycles. The molecule has 2 aromatic rings. The topological polar surface area (TPSA) is 38.3 Å². The van der Waals surface area contributed by atoms with Gasteiger partial charge >= 0.3 is 0 Å². The Morgan fingerprint density at radius 2 is 1.71 bits per heavy atom. The van der Waals surface area contributed by atoms with Crippen LogP contribution in [-0.4, -0.2) is 15.9 Å². The summed E-state index contributed by atoms with van der Waals surface area (Å²) >= 11 is 21.0. The Balaban J connectivity index is 2.04. The Labute approximate surface area is 163 Å². The van der Waals surface area contributed by atoms with Crippen LogP contribution in [0.3, 0.4) is 0 Å². The van der Waals surface area contributed by atoms with Gasteiger partial charge in [0.15, 0.2) is 0 Å². The molecule has 0 aliphatic carbocycles. The lowest BCUT2D eigenvalue weighted by Crippen LogP contribution is -2.47. The highest BCUT2D eigenvalue weighted by molar-refractivity contribution is 9.10. The van der Waals surface area contributed by atoms with E-state index < -0.39 is 15.9 Å². The molecule has 0 radical (unpaired) electrons. The Morgan fingerprint density at radius 1 is 1.08 bits per heavy atom. The van der Waals surface area contributed by atoms with Crippen LogP contribution in [-0.2, 0) is 4.79 Å². The van der Waals surface area contributed by atoms with Gasteiger partial charge in [0.25, 0.3) is 0 Å². The zero-order valence-electron chi connectivity index (χ0n) is 12.3. The number of ether oxygens (including phenoxy) is 1. The zero-order valence-corrected chi connectivity index (χ0v) is 16.1. The number of carbonyl (C=O) groups is 1. The molecule has 0 bridgehead atoms. The maximum Gasteiger partial charge on any atom is 0.246 e. The van der Waals surface area contributed by atoms with Crippen LogP contribution in [0, 0.1) is 0 Å². The first-order chi connectivity index (χ1) is 11.3. The van der Waals surface area contributed by atoms with Crippen molar-refractivity contribution in [2.24, 2.45) is 0 Å². The molecule has 1 N–H and O–H groups in total. The number of halogens is 4. The normalized spacial score (nSPS) is 12.8. The van der Waals surface area contributed by atoms with Crippen molar-refractivity contribution < 1.29 is 9.53 Å². The number of alkyl halides is 3. The highest BCUT2D eigenvalue weighted by atomic mass is 79.9. The van der Waals surface area contributed by atoms with Crippen LogP contribution in [0.1, 0.15) is 5.56 Å². The van der Waals surface area contributed by atoms with E-state index in [1.807, 2.05) is 30.3 Å². The summed E-state index contributed by atoms with van der Waals surface area (Å²) in [6, 6.07) is 16.3. The first-order valence-electron chi connectivity index (χ1n) is 6.87. The molecule has 0 saturated heterocycles. The highest BCUT2D eigenvalue weighted by Gasteiger charge is 2.35. The van der Waals surface area contributed by atoms with Gasteiger partial charge in [-0.25, -0.2) is 0 Å². The molecule has 126 valence electrons. The van der Waals surface area contributed by atoms with E-state index in [9.17, 15) is 4.79 Å². The van der Waals surface area contributed by atoms with E-state index in [4.69, 9.17) is 39.5 Å². The minimum Gasteiger partial charge on any atom is -0.466 e. The van der Waals surface area contributed by atoms with Crippen molar-refractivity contribution in [1.29, 1.82) is 0 Å². The number of hydrogen-bond donors (Lipinski definition) is 1. The van der Waals surface area contributed by atoms with Gasteiger partial charge in [-0.05, 0) is 35.9 Å². The second kappa shape index (κ2) is 8.77. The number of carbonyl (C=O) groups excluding carboxylic acids is 1. The van der Waals surface area contributed by atoms with Gasteiger partial charge in [-0.2, -0.15) is 0 Å².